The first kappa shape index (κ1) is 29.0. The number of benzene rings is 1. The number of halogens is 3. The Balaban J connectivity index is 0.000000572. The fraction of sp³-hybridized carbons (Fsp3) is 0.474. The number of nitrogens with zero attached hydrogens (tertiary/aromatic N) is 2. The minimum absolute atomic E-state index is 0.00642. The second-order valence-electron chi connectivity index (χ2n) is 7.28. The van der Waals surface area contributed by atoms with Crippen LogP contribution in [0.5, 0.6) is 0 Å². The molecule has 0 atom stereocenters. The number of nitrogens with one attached hydrogen (secondary N) is 1. The van der Waals surface area contributed by atoms with Gasteiger partial charge in [0, 0.05) is 25.3 Å². The minimum atomic E-state index is -5.08. The summed E-state index contributed by atoms with van der Waals surface area (Å²) in [6.45, 7) is 1.59. The Morgan fingerprint density at radius 3 is 2.28 bits per heavy atom. The van der Waals surface area contributed by atoms with Crippen molar-refractivity contribution in [1.82, 2.24) is 9.80 Å². The molecule has 2 aliphatic rings. The summed E-state index contributed by atoms with van der Waals surface area (Å²) in [5, 5.41) is 18.7. The van der Waals surface area contributed by atoms with E-state index in [-0.39, 0.29) is 22.6 Å². The predicted octanol–water partition coefficient (Wildman–Crippen LogP) is 0.0485. The highest BCUT2D eigenvalue weighted by Gasteiger charge is 2.39. The largest absolute Gasteiger partial charge is 0.490 e. The second kappa shape index (κ2) is 12.1. The predicted molar refractivity (Wildman–Crippen MR) is 114 cm³/mol. The van der Waals surface area contributed by atoms with Crippen LogP contribution in [0.25, 0.3) is 0 Å². The first-order valence-electron chi connectivity index (χ1n) is 10.1. The molecule has 1 aromatic carbocycles. The number of carbonyl (C=O) groups excluding carboxylic acids is 2. The number of morpholine rings is 1. The van der Waals surface area contributed by atoms with Gasteiger partial charge in [0.2, 0.25) is 0 Å². The molecule has 2 heterocycles. The summed E-state index contributed by atoms with van der Waals surface area (Å²) < 4.78 is 66.0. The third kappa shape index (κ3) is 8.14. The summed E-state index contributed by atoms with van der Waals surface area (Å²) in [6.07, 6.45) is -5.08. The van der Waals surface area contributed by atoms with Crippen LogP contribution in [-0.2, 0) is 28.6 Å². The lowest BCUT2D eigenvalue weighted by atomic mass is 10.1. The Morgan fingerprint density at radius 1 is 1.11 bits per heavy atom. The van der Waals surface area contributed by atoms with Gasteiger partial charge in [-0.15, -0.1) is 0 Å². The molecule has 0 aromatic heterocycles. The second-order valence-corrected chi connectivity index (χ2v) is 9.04. The van der Waals surface area contributed by atoms with Gasteiger partial charge in [0.15, 0.2) is 0 Å². The van der Waals surface area contributed by atoms with Gasteiger partial charge < -0.3 is 20.3 Å². The van der Waals surface area contributed by atoms with E-state index < -0.39 is 53.3 Å². The van der Waals surface area contributed by atoms with Crippen LogP contribution < -0.4 is 5.32 Å². The fourth-order valence-corrected chi connectivity index (χ4v) is 3.92. The average Bonchev–Trinajstić information content (AvgIpc) is 3.03. The maximum absolute atomic E-state index is 12.4. The summed E-state index contributed by atoms with van der Waals surface area (Å²) >= 11 is 0. The Hall–Kier alpha value is -3.28. The van der Waals surface area contributed by atoms with Gasteiger partial charge in [-0.2, -0.15) is 21.6 Å². The van der Waals surface area contributed by atoms with E-state index in [1.54, 1.807) is 0 Å². The highest BCUT2D eigenvalue weighted by Crippen LogP contribution is 2.29. The number of aliphatic carboxylic acids is 2. The number of amides is 2. The molecule has 0 radical (unpaired) electrons. The highest BCUT2D eigenvalue weighted by atomic mass is 32.2. The van der Waals surface area contributed by atoms with E-state index in [2.05, 4.69) is 5.32 Å². The zero-order valence-electron chi connectivity index (χ0n) is 18.5. The van der Waals surface area contributed by atoms with Crippen molar-refractivity contribution < 1.29 is 59.9 Å². The first-order valence-corrected chi connectivity index (χ1v) is 11.7. The van der Waals surface area contributed by atoms with Crippen molar-refractivity contribution in [2.24, 2.45) is 0 Å². The molecule has 3 N–H and O–H groups in total. The van der Waals surface area contributed by atoms with E-state index in [0.717, 1.165) is 0 Å². The van der Waals surface area contributed by atoms with Crippen molar-refractivity contribution in [3.05, 3.63) is 29.3 Å². The minimum Gasteiger partial charge on any atom is -0.480 e. The van der Waals surface area contributed by atoms with Crippen molar-refractivity contribution in [3.8, 4) is 0 Å². The molecule has 1 saturated heterocycles. The summed E-state index contributed by atoms with van der Waals surface area (Å²) in [6, 6.07) is 4.39. The molecule has 0 aliphatic carbocycles. The van der Waals surface area contributed by atoms with Crippen molar-refractivity contribution >= 4 is 39.6 Å². The molecule has 1 aromatic rings. The SMILES string of the molecule is O=C(O)C(F)(F)F.O=C(O)CN1C(=O)c2cccc(NCOS(=O)(=O)CCN3CCOCC3)c2C1=O. The van der Waals surface area contributed by atoms with Gasteiger partial charge in [0.25, 0.3) is 21.9 Å². The van der Waals surface area contributed by atoms with Crippen LogP contribution in [0, 0.1) is 0 Å². The lowest BCUT2D eigenvalue weighted by molar-refractivity contribution is -0.192. The maximum Gasteiger partial charge on any atom is 0.490 e. The van der Waals surface area contributed by atoms with Gasteiger partial charge in [-0.05, 0) is 12.1 Å². The van der Waals surface area contributed by atoms with Crippen LogP contribution in [0.3, 0.4) is 0 Å². The van der Waals surface area contributed by atoms with Gasteiger partial charge in [-0.3, -0.25) is 24.2 Å². The molecule has 2 amide bonds. The maximum atomic E-state index is 12.4. The van der Waals surface area contributed by atoms with E-state index in [4.69, 9.17) is 23.9 Å². The topological polar surface area (TPSA) is 180 Å². The van der Waals surface area contributed by atoms with E-state index in [9.17, 15) is 36.0 Å². The molecule has 3 rings (SSSR count). The molecule has 1 fully saturated rings. The summed E-state index contributed by atoms with van der Waals surface area (Å²) in [7, 11) is -3.80. The number of fused-ring (bicyclic) bond motifs is 1. The number of rotatable bonds is 9. The number of hydrogen-bond donors (Lipinski definition) is 3. The van der Waals surface area contributed by atoms with Crippen LogP contribution >= 0.6 is 0 Å². The molecule has 2 aliphatic heterocycles. The monoisotopic (exact) mass is 541 g/mol. The molecule has 0 unspecified atom stereocenters. The van der Waals surface area contributed by atoms with Gasteiger partial charge in [-0.25, -0.2) is 8.98 Å². The molecule has 200 valence electrons. The lowest BCUT2D eigenvalue weighted by Crippen LogP contribution is -2.39. The number of alkyl halides is 3. The van der Waals surface area contributed by atoms with Crippen LogP contribution in [0.1, 0.15) is 20.7 Å². The number of imide groups is 1. The van der Waals surface area contributed by atoms with Crippen molar-refractivity contribution in [2.45, 2.75) is 6.18 Å². The molecule has 36 heavy (non-hydrogen) atoms. The lowest BCUT2D eigenvalue weighted by Gasteiger charge is -2.26. The molecule has 0 saturated carbocycles. The third-order valence-electron chi connectivity index (χ3n) is 4.80. The number of anilines is 1. The standard InChI is InChI=1S/C17H21N3O8S.C2HF3O2/c21-14(22)10-20-16(23)12-2-1-3-13(15(12)17(20)24)18-11-28-29(25,26)9-6-19-4-7-27-8-5-19;3-2(4,5)1(6)7/h1-3,18H,4-11H2,(H,21,22);(H,6,7). The van der Waals surface area contributed by atoms with Crippen LogP contribution in [-0.4, -0.2) is 110 Å². The molecular weight excluding hydrogens is 519 g/mol. The van der Waals surface area contributed by atoms with Crippen LogP contribution in [0.2, 0.25) is 0 Å². The molecular formula is C19H22F3N3O10S. The summed E-state index contributed by atoms with van der Waals surface area (Å²) in [5.41, 5.74) is 0.238. The van der Waals surface area contributed by atoms with Crippen molar-refractivity contribution in [2.75, 3.05) is 57.2 Å². The summed E-state index contributed by atoms with van der Waals surface area (Å²) in [4.78, 5) is 47.0. The van der Waals surface area contributed by atoms with E-state index in [1.165, 1.54) is 18.2 Å². The first-order chi connectivity index (χ1) is 16.7. The van der Waals surface area contributed by atoms with Gasteiger partial charge in [-0.1, -0.05) is 6.07 Å². The number of carboxylic acids is 2. The van der Waals surface area contributed by atoms with Crippen molar-refractivity contribution in [1.29, 1.82) is 0 Å². The smallest absolute Gasteiger partial charge is 0.480 e. The Labute approximate surface area is 202 Å². The third-order valence-corrected chi connectivity index (χ3v) is 5.96. The zero-order valence-corrected chi connectivity index (χ0v) is 19.3. The molecule has 0 bridgehead atoms. The van der Waals surface area contributed by atoms with Crippen LogP contribution in [0.15, 0.2) is 18.2 Å². The molecule has 13 nitrogen and oxygen atoms in total. The van der Waals surface area contributed by atoms with Crippen molar-refractivity contribution in [3.63, 3.8) is 0 Å². The molecule has 0 spiro atoms. The van der Waals surface area contributed by atoms with E-state index >= 15 is 0 Å². The number of carboxylic acid groups (broad SMARTS) is 2. The number of ether oxygens (including phenoxy) is 1. The molecule has 17 heteroatoms. The van der Waals surface area contributed by atoms with Gasteiger partial charge >= 0.3 is 18.1 Å². The Morgan fingerprint density at radius 2 is 1.72 bits per heavy atom. The Kier molecular flexibility index (Phi) is 9.74. The highest BCUT2D eigenvalue weighted by molar-refractivity contribution is 7.86. The normalized spacial score (nSPS) is 16.2. The zero-order chi connectivity index (χ0) is 27.1. The summed E-state index contributed by atoms with van der Waals surface area (Å²) in [5.74, 6) is -5.73. The van der Waals surface area contributed by atoms with E-state index in [1.807, 2.05) is 4.90 Å². The average molecular weight is 541 g/mol. The number of hydrogen-bond acceptors (Lipinski definition) is 10. The van der Waals surface area contributed by atoms with Crippen LogP contribution in [0.4, 0.5) is 18.9 Å². The van der Waals surface area contributed by atoms with Gasteiger partial charge in [0.05, 0.1) is 30.1 Å². The van der Waals surface area contributed by atoms with E-state index in [0.29, 0.717) is 37.7 Å². The Bertz CT molecular complexity index is 1100. The van der Waals surface area contributed by atoms with Gasteiger partial charge in [0.1, 0.15) is 13.3 Å². The number of carbonyl (C=O) groups is 4. The fourth-order valence-electron chi connectivity index (χ4n) is 3.08. The quantitative estimate of drug-likeness (QED) is 0.218.